The lowest BCUT2D eigenvalue weighted by Crippen LogP contribution is -2.52. The van der Waals surface area contributed by atoms with E-state index in [1.54, 1.807) is 0 Å². The molecule has 2 aromatic heterocycles. The van der Waals surface area contributed by atoms with E-state index in [1.807, 2.05) is 15.5 Å². The Morgan fingerprint density at radius 2 is 1.91 bits per heavy atom. The zero-order valence-electron chi connectivity index (χ0n) is 12.8. The van der Waals surface area contributed by atoms with Crippen molar-refractivity contribution < 1.29 is 9.59 Å². The number of fused-ring (bicyclic) bond motifs is 1. The van der Waals surface area contributed by atoms with Crippen LogP contribution in [-0.4, -0.2) is 46.2 Å². The standard InChI is InChI=1S/C16H17ClN4O2/c1-19-14(22)8-20(9-15(19)23)13-4-11(10-2-3-10)6-21-7-12(5-17)18-16(13)21/h4,6-7,10H,2-3,5,8-9H2,1H3. The third-order valence-corrected chi connectivity index (χ3v) is 4.80. The number of amides is 2. The van der Waals surface area contributed by atoms with Crippen LogP contribution in [0.15, 0.2) is 18.5 Å². The molecule has 1 aliphatic carbocycles. The maximum absolute atomic E-state index is 12.0. The maximum Gasteiger partial charge on any atom is 0.248 e. The number of rotatable bonds is 3. The Hall–Kier alpha value is -2.08. The first kappa shape index (κ1) is 14.5. The summed E-state index contributed by atoms with van der Waals surface area (Å²) in [4.78, 5) is 31.6. The molecule has 0 bridgehead atoms. The van der Waals surface area contributed by atoms with Crippen LogP contribution in [0.25, 0.3) is 5.65 Å². The van der Waals surface area contributed by atoms with Gasteiger partial charge in [-0.25, -0.2) is 4.98 Å². The number of hydrogen-bond acceptors (Lipinski definition) is 4. The fourth-order valence-electron chi connectivity index (χ4n) is 2.99. The molecule has 2 fully saturated rings. The van der Waals surface area contributed by atoms with Gasteiger partial charge in [-0.3, -0.25) is 14.5 Å². The molecular formula is C16H17ClN4O2. The number of imidazole rings is 1. The van der Waals surface area contributed by atoms with Crippen molar-refractivity contribution in [3.05, 3.63) is 29.7 Å². The van der Waals surface area contributed by atoms with Gasteiger partial charge in [0.2, 0.25) is 11.8 Å². The normalized spacial score (nSPS) is 19.0. The Bertz CT molecular complexity index is 794. The average molecular weight is 333 g/mol. The number of anilines is 1. The van der Waals surface area contributed by atoms with E-state index in [0.29, 0.717) is 11.8 Å². The molecule has 6 nitrogen and oxygen atoms in total. The molecule has 7 heteroatoms. The van der Waals surface area contributed by atoms with Crippen LogP contribution in [-0.2, 0) is 15.5 Å². The van der Waals surface area contributed by atoms with Crippen LogP contribution in [0.1, 0.15) is 30.0 Å². The average Bonchev–Trinajstić information content (AvgIpc) is 3.30. The van der Waals surface area contributed by atoms with Crippen LogP contribution in [0.4, 0.5) is 5.69 Å². The molecule has 4 rings (SSSR count). The third kappa shape index (κ3) is 2.47. The summed E-state index contributed by atoms with van der Waals surface area (Å²) in [6.07, 6.45) is 6.36. The molecule has 1 aliphatic heterocycles. The fourth-order valence-corrected chi connectivity index (χ4v) is 3.12. The molecule has 0 N–H and O–H groups in total. The van der Waals surface area contributed by atoms with Gasteiger partial charge < -0.3 is 9.30 Å². The molecule has 0 radical (unpaired) electrons. The second kappa shape index (κ2) is 5.23. The summed E-state index contributed by atoms with van der Waals surface area (Å²) >= 11 is 5.91. The van der Waals surface area contributed by atoms with Gasteiger partial charge in [-0.05, 0) is 30.4 Å². The number of carbonyl (C=O) groups is 2. The number of carbonyl (C=O) groups excluding carboxylic acids is 2. The monoisotopic (exact) mass is 332 g/mol. The number of alkyl halides is 1. The van der Waals surface area contributed by atoms with E-state index in [-0.39, 0.29) is 24.9 Å². The van der Waals surface area contributed by atoms with Crippen LogP contribution >= 0.6 is 11.6 Å². The molecule has 0 atom stereocenters. The van der Waals surface area contributed by atoms with Crippen molar-refractivity contribution in [3.8, 4) is 0 Å². The lowest BCUT2D eigenvalue weighted by atomic mass is 10.1. The largest absolute Gasteiger partial charge is 0.350 e. The zero-order valence-corrected chi connectivity index (χ0v) is 13.6. The molecule has 0 aromatic carbocycles. The highest BCUT2D eigenvalue weighted by Gasteiger charge is 2.31. The number of halogens is 1. The summed E-state index contributed by atoms with van der Waals surface area (Å²) in [6, 6.07) is 2.07. The molecule has 0 spiro atoms. The Kier molecular flexibility index (Phi) is 3.30. The highest BCUT2D eigenvalue weighted by Crippen LogP contribution is 2.42. The second-order valence-electron chi connectivity index (χ2n) is 6.23. The number of likely N-dealkylation sites (N-methyl/N-ethyl adjacent to an activating group) is 1. The molecule has 2 aliphatic rings. The topological polar surface area (TPSA) is 57.9 Å². The molecular weight excluding hydrogens is 316 g/mol. The van der Waals surface area contributed by atoms with Crippen LogP contribution in [0, 0.1) is 0 Å². The SMILES string of the molecule is CN1C(=O)CN(c2cc(C3CC3)cn3cc(CCl)nc23)CC1=O. The molecule has 2 amide bonds. The molecule has 23 heavy (non-hydrogen) atoms. The third-order valence-electron chi connectivity index (χ3n) is 4.53. The number of piperazine rings is 1. The van der Waals surface area contributed by atoms with Crippen LogP contribution in [0.2, 0.25) is 0 Å². The Balaban J connectivity index is 1.82. The summed E-state index contributed by atoms with van der Waals surface area (Å²) < 4.78 is 1.97. The first-order valence-corrected chi connectivity index (χ1v) is 8.22. The summed E-state index contributed by atoms with van der Waals surface area (Å²) in [5, 5.41) is 0. The highest BCUT2D eigenvalue weighted by molar-refractivity contribution is 6.16. The minimum atomic E-state index is -0.194. The van der Waals surface area contributed by atoms with E-state index in [1.165, 1.54) is 30.4 Å². The quantitative estimate of drug-likeness (QED) is 0.635. The smallest absolute Gasteiger partial charge is 0.248 e. The van der Waals surface area contributed by atoms with Gasteiger partial charge in [0.1, 0.15) is 0 Å². The first-order chi connectivity index (χ1) is 11.1. The fraction of sp³-hybridized carbons (Fsp3) is 0.438. The predicted molar refractivity (Wildman–Crippen MR) is 86.7 cm³/mol. The van der Waals surface area contributed by atoms with Gasteiger partial charge in [0.15, 0.2) is 5.65 Å². The molecule has 120 valence electrons. The van der Waals surface area contributed by atoms with Gasteiger partial charge in [0.25, 0.3) is 0 Å². The van der Waals surface area contributed by atoms with Crippen LogP contribution < -0.4 is 4.90 Å². The van der Waals surface area contributed by atoms with Gasteiger partial charge in [0.05, 0.1) is 30.4 Å². The lowest BCUT2D eigenvalue weighted by Gasteiger charge is -2.32. The minimum Gasteiger partial charge on any atom is -0.350 e. The van der Waals surface area contributed by atoms with Crippen molar-refractivity contribution in [1.29, 1.82) is 0 Å². The molecule has 0 unspecified atom stereocenters. The maximum atomic E-state index is 12.0. The van der Waals surface area contributed by atoms with E-state index < -0.39 is 0 Å². The van der Waals surface area contributed by atoms with Crippen molar-refractivity contribution in [2.24, 2.45) is 0 Å². The minimum absolute atomic E-state index is 0.190. The van der Waals surface area contributed by atoms with E-state index in [4.69, 9.17) is 11.6 Å². The van der Waals surface area contributed by atoms with Gasteiger partial charge in [-0.1, -0.05) is 0 Å². The van der Waals surface area contributed by atoms with Crippen LogP contribution in [0.5, 0.6) is 0 Å². The Labute approximate surface area is 138 Å². The summed E-state index contributed by atoms with van der Waals surface area (Å²) in [5.74, 6) is 0.514. The predicted octanol–water partition coefficient (Wildman–Crippen LogP) is 1.76. The Morgan fingerprint density at radius 3 is 2.52 bits per heavy atom. The zero-order chi connectivity index (χ0) is 16.1. The summed E-state index contributed by atoms with van der Waals surface area (Å²) in [6.45, 7) is 0.379. The van der Waals surface area contributed by atoms with Crippen molar-refractivity contribution in [2.75, 3.05) is 25.0 Å². The number of nitrogens with zero attached hydrogens (tertiary/aromatic N) is 4. The molecule has 1 saturated heterocycles. The molecule has 3 heterocycles. The van der Waals surface area contributed by atoms with E-state index >= 15 is 0 Å². The van der Waals surface area contributed by atoms with Gasteiger partial charge >= 0.3 is 0 Å². The number of hydrogen-bond donors (Lipinski definition) is 0. The molecule has 1 saturated carbocycles. The van der Waals surface area contributed by atoms with Gasteiger partial charge in [-0.15, -0.1) is 11.6 Å². The van der Waals surface area contributed by atoms with Gasteiger partial charge in [0, 0.05) is 19.4 Å². The van der Waals surface area contributed by atoms with Crippen molar-refractivity contribution in [1.82, 2.24) is 14.3 Å². The Morgan fingerprint density at radius 1 is 1.22 bits per heavy atom. The van der Waals surface area contributed by atoms with Crippen LogP contribution in [0.3, 0.4) is 0 Å². The van der Waals surface area contributed by atoms with Crippen molar-refractivity contribution in [2.45, 2.75) is 24.6 Å². The van der Waals surface area contributed by atoms with E-state index in [9.17, 15) is 9.59 Å². The lowest BCUT2D eigenvalue weighted by molar-refractivity contribution is -0.143. The summed E-state index contributed by atoms with van der Waals surface area (Å²) in [7, 11) is 1.53. The number of aromatic nitrogens is 2. The van der Waals surface area contributed by atoms with Crippen molar-refractivity contribution >= 4 is 34.7 Å². The van der Waals surface area contributed by atoms with Crippen molar-refractivity contribution in [3.63, 3.8) is 0 Å². The number of imide groups is 1. The van der Waals surface area contributed by atoms with E-state index in [0.717, 1.165) is 17.0 Å². The second-order valence-corrected chi connectivity index (χ2v) is 6.50. The number of pyridine rings is 1. The van der Waals surface area contributed by atoms with E-state index in [2.05, 4.69) is 17.2 Å². The first-order valence-electron chi connectivity index (χ1n) is 7.68. The highest BCUT2D eigenvalue weighted by atomic mass is 35.5. The molecule has 2 aromatic rings. The van der Waals surface area contributed by atoms with Gasteiger partial charge in [-0.2, -0.15) is 0 Å². The summed E-state index contributed by atoms with van der Waals surface area (Å²) in [5.41, 5.74) is 3.59.